The molecule has 0 aliphatic heterocycles. The summed E-state index contributed by atoms with van der Waals surface area (Å²) in [6.07, 6.45) is 3.21. The number of aryl methyl sites for hydroxylation is 2. The van der Waals surface area contributed by atoms with Crippen LogP contribution in [-0.2, 0) is 0 Å². The molecule has 5 nitrogen and oxygen atoms in total. The quantitative estimate of drug-likeness (QED) is 0.723. The van der Waals surface area contributed by atoms with Crippen molar-refractivity contribution in [2.45, 2.75) is 13.8 Å². The lowest BCUT2D eigenvalue weighted by Gasteiger charge is -2.04. The van der Waals surface area contributed by atoms with Gasteiger partial charge in [0.1, 0.15) is 5.75 Å². The molecule has 3 aromatic rings. The maximum Gasteiger partial charge on any atom is 0.202 e. The van der Waals surface area contributed by atoms with Crippen LogP contribution in [0.5, 0.6) is 5.75 Å². The van der Waals surface area contributed by atoms with E-state index < -0.39 is 0 Å². The van der Waals surface area contributed by atoms with Crippen LogP contribution in [0.1, 0.15) is 27.2 Å². The molecule has 0 saturated heterocycles. The first-order valence-electron chi connectivity index (χ1n) is 6.22. The topological polar surface area (TPSA) is 67.5 Å². The third-order valence-corrected chi connectivity index (χ3v) is 3.41. The fourth-order valence-corrected chi connectivity index (χ4v) is 2.10. The standard InChI is InChI=1S/C15H13N3O2/c1-9-7-16-15-12(8-17-18(15)10(9)2)14(20)11-5-3-4-6-13(11)19/h3-8,19H,1-2H3. The lowest BCUT2D eigenvalue weighted by molar-refractivity contribution is 0.103. The van der Waals surface area contributed by atoms with Crippen molar-refractivity contribution in [1.82, 2.24) is 14.6 Å². The summed E-state index contributed by atoms with van der Waals surface area (Å²) < 4.78 is 1.64. The number of aromatic nitrogens is 3. The Balaban J connectivity index is 2.19. The molecule has 0 amide bonds. The number of carbonyl (C=O) groups excluding carboxylic acids is 1. The molecule has 1 aromatic carbocycles. The Hall–Kier alpha value is -2.69. The van der Waals surface area contributed by atoms with Crippen molar-refractivity contribution in [2.24, 2.45) is 0 Å². The van der Waals surface area contributed by atoms with Crippen LogP contribution in [0.2, 0.25) is 0 Å². The molecule has 0 aliphatic carbocycles. The summed E-state index contributed by atoms with van der Waals surface area (Å²) in [5.41, 5.74) is 3.08. The van der Waals surface area contributed by atoms with Gasteiger partial charge >= 0.3 is 0 Å². The van der Waals surface area contributed by atoms with Crippen molar-refractivity contribution >= 4 is 11.4 Å². The van der Waals surface area contributed by atoms with Gasteiger partial charge in [0, 0.05) is 11.9 Å². The number of nitrogens with zero attached hydrogens (tertiary/aromatic N) is 3. The number of para-hydroxylation sites is 1. The number of hydrogen-bond donors (Lipinski definition) is 1. The molecule has 0 spiro atoms. The van der Waals surface area contributed by atoms with E-state index in [1.807, 2.05) is 13.8 Å². The van der Waals surface area contributed by atoms with Gasteiger partial charge in [-0.05, 0) is 31.5 Å². The van der Waals surface area contributed by atoms with Crippen LogP contribution in [0.3, 0.4) is 0 Å². The molecule has 0 aliphatic rings. The normalized spacial score (nSPS) is 10.9. The van der Waals surface area contributed by atoms with Gasteiger partial charge in [-0.15, -0.1) is 0 Å². The highest BCUT2D eigenvalue weighted by Crippen LogP contribution is 2.22. The molecule has 1 N–H and O–H groups in total. The van der Waals surface area contributed by atoms with Gasteiger partial charge in [-0.1, -0.05) is 12.1 Å². The number of carbonyl (C=O) groups is 1. The van der Waals surface area contributed by atoms with Gasteiger partial charge in [-0.3, -0.25) is 4.79 Å². The van der Waals surface area contributed by atoms with Crippen molar-refractivity contribution in [3.05, 3.63) is 59.0 Å². The fourth-order valence-electron chi connectivity index (χ4n) is 2.10. The van der Waals surface area contributed by atoms with Crippen LogP contribution in [0.25, 0.3) is 5.65 Å². The fraction of sp³-hybridized carbons (Fsp3) is 0.133. The van der Waals surface area contributed by atoms with Crippen molar-refractivity contribution in [2.75, 3.05) is 0 Å². The van der Waals surface area contributed by atoms with E-state index in [0.29, 0.717) is 11.2 Å². The molecular weight excluding hydrogens is 254 g/mol. The number of hydrogen-bond acceptors (Lipinski definition) is 4. The van der Waals surface area contributed by atoms with Crippen LogP contribution in [0, 0.1) is 13.8 Å². The molecule has 2 aromatic heterocycles. The average Bonchev–Trinajstić information content (AvgIpc) is 2.87. The smallest absolute Gasteiger partial charge is 0.202 e. The van der Waals surface area contributed by atoms with E-state index in [2.05, 4.69) is 10.1 Å². The molecule has 100 valence electrons. The van der Waals surface area contributed by atoms with Crippen LogP contribution < -0.4 is 0 Å². The second kappa shape index (κ2) is 4.45. The highest BCUT2D eigenvalue weighted by Gasteiger charge is 2.19. The molecule has 20 heavy (non-hydrogen) atoms. The third-order valence-electron chi connectivity index (χ3n) is 3.41. The number of benzene rings is 1. The van der Waals surface area contributed by atoms with Crippen LogP contribution in [0.15, 0.2) is 36.7 Å². The zero-order valence-corrected chi connectivity index (χ0v) is 11.2. The largest absolute Gasteiger partial charge is 0.507 e. The van der Waals surface area contributed by atoms with E-state index in [1.165, 1.54) is 12.3 Å². The summed E-state index contributed by atoms with van der Waals surface area (Å²) in [5.74, 6) is -0.325. The van der Waals surface area contributed by atoms with E-state index in [9.17, 15) is 9.90 Å². The van der Waals surface area contributed by atoms with Gasteiger partial charge in [-0.2, -0.15) is 5.10 Å². The Morgan fingerprint density at radius 1 is 1.15 bits per heavy atom. The molecule has 0 radical (unpaired) electrons. The predicted octanol–water partition coefficient (Wildman–Crippen LogP) is 2.28. The minimum Gasteiger partial charge on any atom is -0.507 e. The van der Waals surface area contributed by atoms with E-state index in [1.54, 1.807) is 28.9 Å². The second-order valence-electron chi connectivity index (χ2n) is 4.67. The number of rotatable bonds is 2. The van der Waals surface area contributed by atoms with Crippen molar-refractivity contribution in [3.63, 3.8) is 0 Å². The van der Waals surface area contributed by atoms with Gasteiger partial charge in [0.2, 0.25) is 5.78 Å². The maximum atomic E-state index is 12.5. The van der Waals surface area contributed by atoms with E-state index in [0.717, 1.165) is 11.3 Å². The number of ketones is 1. The van der Waals surface area contributed by atoms with Gasteiger partial charge in [0.25, 0.3) is 0 Å². The minimum absolute atomic E-state index is 0.0410. The monoisotopic (exact) mass is 267 g/mol. The second-order valence-corrected chi connectivity index (χ2v) is 4.67. The number of phenolic OH excluding ortho intramolecular Hbond substituents is 1. The summed E-state index contributed by atoms with van der Waals surface area (Å²) in [7, 11) is 0. The zero-order valence-electron chi connectivity index (χ0n) is 11.2. The Morgan fingerprint density at radius 2 is 1.90 bits per heavy atom. The first-order chi connectivity index (χ1) is 9.59. The molecule has 0 bridgehead atoms. The number of phenols is 1. The molecule has 0 atom stereocenters. The lowest BCUT2D eigenvalue weighted by Crippen LogP contribution is -2.04. The molecule has 0 fully saturated rings. The highest BCUT2D eigenvalue weighted by atomic mass is 16.3. The van der Waals surface area contributed by atoms with Crippen molar-refractivity contribution < 1.29 is 9.90 Å². The van der Waals surface area contributed by atoms with Crippen LogP contribution in [0.4, 0.5) is 0 Å². The average molecular weight is 267 g/mol. The molecule has 2 heterocycles. The number of fused-ring (bicyclic) bond motifs is 1. The third kappa shape index (κ3) is 1.75. The molecule has 5 heteroatoms. The molecule has 0 unspecified atom stereocenters. The van der Waals surface area contributed by atoms with Crippen LogP contribution in [-0.4, -0.2) is 25.5 Å². The summed E-state index contributed by atoms with van der Waals surface area (Å²) in [5, 5.41) is 14.0. The van der Waals surface area contributed by atoms with Crippen LogP contribution >= 0.6 is 0 Å². The van der Waals surface area contributed by atoms with Gasteiger partial charge in [-0.25, -0.2) is 9.50 Å². The Bertz CT molecular complexity index is 821. The predicted molar refractivity (Wildman–Crippen MR) is 74.0 cm³/mol. The summed E-state index contributed by atoms with van der Waals surface area (Å²) >= 11 is 0. The minimum atomic E-state index is -0.283. The SMILES string of the molecule is Cc1cnc2c(C(=O)c3ccccc3O)cnn2c1C. The Morgan fingerprint density at radius 3 is 2.65 bits per heavy atom. The van der Waals surface area contributed by atoms with E-state index >= 15 is 0 Å². The molecular formula is C15H13N3O2. The van der Waals surface area contributed by atoms with Gasteiger partial charge < -0.3 is 5.11 Å². The Labute approximate surface area is 115 Å². The Kier molecular flexibility index (Phi) is 2.75. The maximum absolute atomic E-state index is 12.5. The van der Waals surface area contributed by atoms with E-state index in [4.69, 9.17) is 0 Å². The number of aromatic hydroxyl groups is 1. The summed E-state index contributed by atoms with van der Waals surface area (Å²) in [6, 6.07) is 6.46. The van der Waals surface area contributed by atoms with Gasteiger partial charge in [0.15, 0.2) is 5.65 Å². The summed E-state index contributed by atoms with van der Waals surface area (Å²) in [4.78, 5) is 16.8. The zero-order chi connectivity index (χ0) is 14.3. The first kappa shape index (κ1) is 12.3. The highest BCUT2D eigenvalue weighted by molar-refractivity contribution is 6.13. The molecule has 3 rings (SSSR count). The molecule has 0 saturated carbocycles. The summed E-state index contributed by atoms with van der Waals surface area (Å²) in [6.45, 7) is 3.86. The van der Waals surface area contributed by atoms with Gasteiger partial charge in [0.05, 0.1) is 17.3 Å². The first-order valence-corrected chi connectivity index (χ1v) is 6.22. The van der Waals surface area contributed by atoms with E-state index in [-0.39, 0.29) is 17.1 Å². The lowest BCUT2D eigenvalue weighted by atomic mass is 10.1. The van der Waals surface area contributed by atoms with Crippen molar-refractivity contribution in [1.29, 1.82) is 0 Å². The van der Waals surface area contributed by atoms with Crippen molar-refractivity contribution in [3.8, 4) is 5.75 Å².